The highest BCUT2D eigenvalue weighted by molar-refractivity contribution is 4.80. The Morgan fingerprint density at radius 3 is 2.09 bits per heavy atom. The number of aliphatic hydroxyl groups is 1. The number of hydrogen-bond acceptors (Lipinski definition) is 2. The summed E-state index contributed by atoms with van der Waals surface area (Å²) in [7, 11) is 0. The van der Waals surface area contributed by atoms with Gasteiger partial charge in [0.2, 0.25) is 0 Å². The maximum atomic E-state index is 9.07. The van der Waals surface area contributed by atoms with Gasteiger partial charge in [0.15, 0.2) is 0 Å². The summed E-state index contributed by atoms with van der Waals surface area (Å²) in [4.78, 5) is 2.07. The zero-order chi connectivity index (χ0) is 8.69. The first kappa shape index (κ1) is 10.4. The molecule has 0 aliphatic rings. The van der Waals surface area contributed by atoms with Crippen LogP contribution in [0.4, 0.5) is 0 Å². The second-order valence-corrected chi connectivity index (χ2v) is 2.64. The first-order valence-corrected chi connectivity index (χ1v) is 3.83. The zero-order valence-electron chi connectivity index (χ0n) is 7.16. The standard InChI is InChI=1S/C9H17NO/c1-4-6-10(7-5-2)8-9(3)11/h4-5,9,11H,1-2,6-8H2,3H3/t9-/m0/s1. The van der Waals surface area contributed by atoms with E-state index in [0.717, 1.165) is 13.1 Å². The molecule has 2 nitrogen and oxygen atoms in total. The molecule has 0 unspecified atom stereocenters. The van der Waals surface area contributed by atoms with Crippen molar-refractivity contribution >= 4 is 0 Å². The number of hydrogen-bond donors (Lipinski definition) is 1. The Balaban J connectivity index is 3.67. The predicted octanol–water partition coefficient (Wildman–Crippen LogP) is 1.04. The second kappa shape index (κ2) is 6.13. The van der Waals surface area contributed by atoms with Gasteiger partial charge in [-0.25, -0.2) is 0 Å². The molecule has 0 aromatic carbocycles. The van der Waals surface area contributed by atoms with Gasteiger partial charge in [0.1, 0.15) is 0 Å². The molecule has 0 bridgehead atoms. The molecule has 0 aromatic heterocycles. The minimum absolute atomic E-state index is 0.283. The molecular weight excluding hydrogens is 138 g/mol. The Morgan fingerprint density at radius 2 is 1.82 bits per heavy atom. The lowest BCUT2D eigenvalue weighted by Gasteiger charge is -2.19. The summed E-state index contributed by atoms with van der Waals surface area (Å²) in [6.07, 6.45) is 3.37. The Bertz CT molecular complexity index is 111. The highest BCUT2D eigenvalue weighted by Crippen LogP contribution is 1.92. The van der Waals surface area contributed by atoms with Gasteiger partial charge in [-0.15, -0.1) is 13.2 Å². The minimum atomic E-state index is -0.283. The van der Waals surface area contributed by atoms with Gasteiger partial charge in [-0.3, -0.25) is 4.90 Å². The number of aliphatic hydroxyl groups excluding tert-OH is 1. The van der Waals surface area contributed by atoms with Crippen LogP contribution in [0.2, 0.25) is 0 Å². The van der Waals surface area contributed by atoms with Gasteiger partial charge >= 0.3 is 0 Å². The zero-order valence-corrected chi connectivity index (χ0v) is 7.16. The second-order valence-electron chi connectivity index (χ2n) is 2.64. The minimum Gasteiger partial charge on any atom is -0.392 e. The fourth-order valence-electron chi connectivity index (χ4n) is 0.962. The lowest BCUT2D eigenvalue weighted by Crippen LogP contribution is -2.31. The van der Waals surface area contributed by atoms with Crippen molar-refractivity contribution in [1.29, 1.82) is 0 Å². The van der Waals surface area contributed by atoms with E-state index in [1.807, 2.05) is 12.2 Å². The highest BCUT2D eigenvalue weighted by Gasteiger charge is 2.03. The van der Waals surface area contributed by atoms with Gasteiger partial charge in [-0.05, 0) is 6.92 Å². The SMILES string of the molecule is C=CCN(CC=C)C[C@H](C)O. The van der Waals surface area contributed by atoms with Crippen LogP contribution < -0.4 is 0 Å². The molecule has 0 saturated carbocycles. The van der Waals surface area contributed by atoms with E-state index in [1.54, 1.807) is 6.92 Å². The third-order valence-corrected chi connectivity index (χ3v) is 1.30. The van der Waals surface area contributed by atoms with Gasteiger partial charge in [0.05, 0.1) is 6.10 Å². The van der Waals surface area contributed by atoms with Crippen molar-refractivity contribution in [3.63, 3.8) is 0 Å². The molecule has 0 rings (SSSR count). The Kier molecular flexibility index (Phi) is 5.80. The number of rotatable bonds is 6. The fourth-order valence-corrected chi connectivity index (χ4v) is 0.962. The molecule has 0 amide bonds. The Labute approximate surface area is 68.8 Å². The summed E-state index contributed by atoms with van der Waals surface area (Å²) in [6.45, 7) is 11.3. The molecule has 1 N–H and O–H groups in total. The molecule has 0 saturated heterocycles. The van der Waals surface area contributed by atoms with E-state index in [2.05, 4.69) is 18.1 Å². The van der Waals surface area contributed by atoms with Crippen LogP contribution in [0.3, 0.4) is 0 Å². The van der Waals surface area contributed by atoms with E-state index in [4.69, 9.17) is 5.11 Å². The van der Waals surface area contributed by atoms with E-state index in [0.29, 0.717) is 6.54 Å². The van der Waals surface area contributed by atoms with Crippen molar-refractivity contribution < 1.29 is 5.11 Å². The van der Waals surface area contributed by atoms with Crippen molar-refractivity contribution in [2.75, 3.05) is 19.6 Å². The first-order valence-electron chi connectivity index (χ1n) is 3.83. The smallest absolute Gasteiger partial charge is 0.0639 e. The summed E-state index contributed by atoms with van der Waals surface area (Å²) in [5, 5.41) is 9.07. The third-order valence-electron chi connectivity index (χ3n) is 1.30. The molecule has 0 heterocycles. The first-order chi connectivity index (χ1) is 5.20. The third kappa shape index (κ3) is 5.83. The molecule has 2 heteroatoms. The van der Waals surface area contributed by atoms with Gasteiger partial charge in [0.25, 0.3) is 0 Å². The van der Waals surface area contributed by atoms with E-state index in [1.165, 1.54) is 0 Å². The summed E-state index contributed by atoms with van der Waals surface area (Å²) in [5.74, 6) is 0. The van der Waals surface area contributed by atoms with Crippen LogP contribution in [-0.4, -0.2) is 35.7 Å². The van der Waals surface area contributed by atoms with Gasteiger partial charge in [-0.2, -0.15) is 0 Å². The lowest BCUT2D eigenvalue weighted by atomic mass is 10.3. The average molecular weight is 155 g/mol. The largest absolute Gasteiger partial charge is 0.392 e. The van der Waals surface area contributed by atoms with E-state index in [9.17, 15) is 0 Å². The number of nitrogens with zero attached hydrogens (tertiary/aromatic N) is 1. The van der Waals surface area contributed by atoms with Crippen molar-refractivity contribution in [3.05, 3.63) is 25.3 Å². The van der Waals surface area contributed by atoms with Crippen molar-refractivity contribution in [1.82, 2.24) is 4.90 Å². The summed E-state index contributed by atoms with van der Waals surface area (Å²) >= 11 is 0. The predicted molar refractivity (Wildman–Crippen MR) is 48.5 cm³/mol. The molecule has 0 aliphatic carbocycles. The Hall–Kier alpha value is -0.600. The maximum Gasteiger partial charge on any atom is 0.0639 e. The molecule has 0 radical (unpaired) electrons. The lowest BCUT2D eigenvalue weighted by molar-refractivity contribution is 0.140. The summed E-state index contributed by atoms with van der Waals surface area (Å²) in [5.41, 5.74) is 0. The Morgan fingerprint density at radius 1 is 1.36 bits per heavy atom. The summed E-state index contributed by atoms with van der Waals surface area (Å²) < 4.78 is 0. The molecule has 0 aromatic rings. The van der Waals surface area contributed by atoms with Crippen molar-refractivity contribution in [2.45, 2.75) is 13.0 Å². The molecule has 0 aliphatic heterocycles. The van der Waals surface area contributed by atoms with Crippen LogP contribution >= 0.6 is 0 Å². The molecular formula is C9H17NO. The monoisotopic (exact) mass is 155 g/mol. The molecule has 1 atom stereocenters. The van der Waals surface area contributed by atoms with E-state index < -0.39 is 0 Å². The quantitative estimate of drug-likeness (QED) is 0.579. The topological polar surface area (TPSA) is 23.5 Å². The van der Waals surface area contributed by atoms with Crippen LogP contribution in [0.15, 0.2) is 25.3 Å². The average Bonchev–Trinajstić information content (AvgIpc) is 1.87. The van der Waals surface area contributed by atoms with Crippen LogP contribution in [0, 0.1) is 0 Å². The van der Waals surface area contributed by atoms with Crippen molar-refractivity contribution in [2.24, 2.45) is 0 Å². The molecule has 11 heavy (non-hydrogen) atoms. The van der Waals surface area contributed by atoms with E-state index in [-0.39, 0.29) is 6.10 Å². The van der Waals surface area contributed by atoms with Gasteiger partial charge in [0, 0.05) is 19.6 Å². The van der Waals surface area contributed by atoms with Gasteiger partial charge < -0.3 is 5.11 Å². The van der Waals surface area contributed by atoms with Gasteiger partial charge in [-0.1, -0.05) is 12.2 Å². The maximum absolute atomic E-state index is 9.07. The van der Waals surface area contributed by atoms with Crippen molar-refractivity contribution in [3.8, 4) is 0 Å². The van der Waals surface area contributed by atoms with Crippen LogP contribution in [0.25, 0.3) is 0 Å². The fraction of sp³-hybridized carbons (Fsp3) is 0.556. The normalized spacial score (nSPS) is 13.0. The van der Waals surface area contributed by atoms with Crippen LogP contribution in [-0.2, 0) is 0 Å². The highest BCUT2D eigenvalue weighted by atomic mass is 16.3. The molecule has 0 fully saturated rings. The molecule has 0 spiro atoms. The van der Waals surface area contributed by atoms with Crippen LogP contribution in [0.1, 0.15) is 6.92 Å². The summed E-state index contributed by atoms with van der Waals surface area (Å²) in [6, 6.07) is 0. The van der Waals surface area contributed by atoms with E-state index >= 15 is 0 Å². The molecule has 64 valence electrons. The van der Waals surface area contributed by atoms with Crippen LogP contribution in [0.5, 0.6) is 0 Å².